The van der Waals surface area contributed by atoms with Crippen LogP contribution in [0.5, 0.6) is 0 Å². The van der Waals surface area contributed by atoms with E-state index in [1.165, 1.54) is 28.6 Å². The molecule has 2 aromatic carbocycles. The summed E-state index contributed by atoms with van der Waals surface area (Å²) >= 11 is 0. The number of nitrogens with zero attached hydrogens (tertiary/aromatic N) is 2. The van der Waals surface area contributed by atoms with Crippen molar-refractivity contribution in [3.8, 4) is 0 Å². The molecule has 1 saturated carbocycles. The summed E-state index contributed by atoms with van der Waals surface area (Å²) in [6, 6.07) is 13.4. The number of hydrogen-bond donors (Lipinski definition) is 2. The lowest BCUT2D eigenvalue weighted by Gasteiger charge is -2.30. The van der Waals surface area contributed by atoms with Crippen LogP contribution in [0.2, 0.25) is 0 Å². The Morgan fingerprint density at radius 3 is 2.15 bits per heavy atom. The number of hydrogen-bond acceptors (Lipinski definition) is 5. The van der Waals surface area contributed by atoms with Crippen molar-refractivity contribution in [2.45, 2.75) is 66.7 Å². The fourth-order valence-electron chi connectivity index (χ4n) is 4.98. The van der Waals surface area contributed by atoms with Gasteiger partial charge in [0.25, 0.3) is 0 Å². The van der Waals surface area contributed by atoms with Gasteiger partial charge < -0.3 is 4.98 Å². The van der Waals surface area contributed by atoms with Crippen LogP contribution in [0, 0.1) is 0 Å². The van der Waals surface area contributed by atoms with Gasteiger partial charge in [-0.2, -0.15) is 4.31 Å². The summed E-state index contributed by atoms with van der Waals surface area (Å²) in [6.07, 6.45) is 6.23. The van der Waals surface area contributed by atoms with Crippen molar-refractivity contribution in [3.05, 3.63) is 54.4 Å². The van der Waals surface area contributed by atoms with E-state index in [0.717, 1.165) is 49.0 Å². The second-order valence-corrected chi connectivity index (χ2v) is 12.9. The van der Waals surface area contributed by atoms with Crippen molar-refractivity contribution in [2.24, 2.45) is 0 Å². The summed E-state index contributed by atoms with van der Waals surface area (Å²) in [5.41, 5.74) is 1.90. The van der Waals surface area contributed by atoms with Crippen molar-refractivity contribution < 1.29 is 16.8 Å². The van der Waals surface area contributed by atoms with Gasteiger partial charge in [0.1, 0.15) is 5.82 Å². The van der Waals surface area contributed by atoms with Crippen LogP contribution in [0.1, 0.15) is 56.7 Å². The van der Waals surface area contributed by atoms with Crippen LogP contribution in [-0.2, 0) is 20.0 Å². The molecule has 34 heavy (non-hydrogen) atoms. The molecular formula is C24H30N4O4S2. The Morgan fingerprint density at radius 2 is 1.47 bits per heavy atom. The SMILES string of the molecule is O=S(=O)(NC1CCCCC1)c1ccc(S(=O)(=O)N2CCC(c3nc4ccccc4[nH]3)CC2)cc1. The third kappa shape index (κ3) is 4.77. The molecular weight excluding hydrogens is 472 g/mol. The maximum absolute atomic E-state index is 13.2. The molecule has 0 unspecified atom stereocenters. The highest BCUT2D eigenvalue weighted by Crippen LogP contribution is 2.31. The zero-order chi connectivity index (χ0) is 23.8. The molecule has 2 heterocycles. The predicted molar refractivity (Wildman–Crippen MR) is 130 cm³/mol. The van der Waals surface area contributed by atoms with Crippen LogP contribution >= 0.6 is 0 Å². The molecule has 0 radical (unpaired) electrons. The number of rotatable bonds is 6. The van der Waals surface area contributed by atoms with Gasteiger partial charge >= 0.3 is 0 Å². The quantitative estimate of drug-likeness (QED) is 0.533. The number of benzene rings is 2. The maximum Gasteiger partial charge on any atom is 0.243 e. The van der Waals surface area contributed by atoms with Crippen molar-refractivity contribution in [2.75, 3.05) is 13.1 Å². The fraction of sp³-hybridized carbons (Fsp3) is 0.458. The molecule has 0 atom stereocenters. The molecule has 0 spiro atoms. The third-order valence-electron chi connectivity index (χ3n) is 6.95. The molecule has 1 aliphatic heterocycles. The molecule has 0 bridgehead atoms. The van der Waals surface area contributed by atoms with Crippen LogP contribution in [-0.4, -0.2) is 50.2 Å². The Hall–Kier alpha value is -2.27. The first-order valence-electron chi connectivity index (χ1n) is 11.9. The van der Waals surface area contributed by atoms with Crippen LogP contribution in [0.3, 0.4) is 0 Å². The lowest BCUT2D eigenvalue weighted by molar-refractivity contribution is 0.314. The average molecular weight is 503 g/mol. The van der Waals surface area contributed by atoms with Crippen LogP contribution in [0.4, 0.5) is 0 Å². The molecule has 1 aliphatic carbocycles. The molecule has 5 rings (SSSR count). The van der Waals surface area contributed by atoms with E-state index in [4.69, 9.17) is 0 Å². The maximum atomic E-state index is 13.2. The van der Waals surface area contributed by atoms with Crippen molar-refractivity contribution in [3.63, 3.8) is 0 Å². The first-order valence-corrected chi connectivity index (χ1v) is 14.8. The van der Waals surface area contributed by atoms with Gasteiger partial charge in [-0.3, -0.25) is 0 Å². The summed E-state index contributed by atoms with van der Waals surface area (Å²) in [5, 5.41) is 0. The third-order valence-corrected chi connectivity index (χ3v) is 10.4. The molecule has 0 amide bonds. The highest BCUT2D eigenvalue weighted by atomic mass is 32.2. The van der Waals surface area contributed by atoms with E-state index in [0.29, 0.717) is 25.9 Å². The first kappa shape index (κ1) is 23.5. The second kappa shape index (κ2) is 9.41. The monoisotopic (exact) mass is 502 g/mol. The minimum Gasteiger partial charge on any atom is -0.342 e. The number of imidazole rings is 1. The second-order valence-electron chi connectivity index (χ2n) is 9.25. The number of H-pyrrole nitrogens is 1. The van der Waals surface area contributed by atoms with Crippen molar-refractivity contribution in [1.29, 1.82) is 0 Å². The standard InChI is InChI=1S/C24H30N4O4S2/c29-33(30,27-19-6-2-1-3-7-19)20-10-12-21(13-11-20)34(31,32)28-16-14-18(15-17-28)24-25-22-8-4-5-9-23(22)26-24/h4-5,8-13,18-19,27H,1-3,6-7,14-17H2,(H,25,26). The minimum absolute atomic E-state index is 0.0461. The average Bonchev–Trinajstić information content (AvgIpc) is 3.29. The van der Waals surface area contributed by atoms with Gasteiger partial charge in [-0.1, -0.05) is 31.4 Å². The molecule has 2 aliphatic rings. The smallest absolute Gasteiger partial charge is 0.243 e. The lowest BCUT2D eigenvalue weighted by Crippen LogP contribution is -2.38. The lowest BCUT2D eigenvalue weighted by atomic mass is 9.96. The number of sulfonamides is 2. The van der Waals surface area contributed by atoms with Gasteiger partial charge in [0, 0.05) is 25.0 Å². The molecule has 8 nitrogen and oxygen atoms in total. The summed E-state index contributed by atoms with van der Waals surface area (Å²) in [6.45, 7) is 0.792. The summed E-state index contributed by atoms with van der Waals surface area (Å²) in [5.74, 6) is 1.08. The van der Waals surface area contributed by atoms with E-state index in [-0.39, 0.29) is 21.8 Å². The molecule has 3 aromatic rings. The highest BCUT2D eigenvalue weighted by Gasteiger charge is 2.31. The number of fused-ring (bicyclic) bond motifs is 1. The fourth-order valence-corrected chi connectivity index (χ4v) is 7.76. The molecule has 1 saturated heterocycles. The Bertz CT molecular complexity index is 1320. The van der Waals surface area contributed by atoms with E-state index in [9.17, 15) is 16.8 Å². The Balaban J connectivity index is 1.25. The molecule has 1 aromatic heterocycles. The molecule has 10 heteroatoms. The first-order chi connectivity index (χ1) is 16.3. The molecule has 2 N–H and O–H groups in total. The Labute approximate surface area is 200 Å². The number of nitrogens with one attached hydrogen (secondary N) is 2. The topological polar surface area (TPSA) is 112 Å². The highest BCUT2D eigenvalue weighted by molar-refractivity contribution is 7.89. The van der Waals surface area contributed by atoms with Crippen LogP contribution in [0.25, 0.3) is 11.0 Å². The zero-order valence-corrected chi connectivity index (χ0v) is 20.6. The van der Waals surface area contributed by atoms with E-state index < -0.39 is 20.0 Å². The van der Waals surface area contributed by atoms with E-state index in [2.05, 4.69) is 14.7 Å². The summed E-state index contributed by atoms with van der Waals surface area (Å²) in [7, 11) is -7.36. The molecule has 2 fully saturated rings. The van der Waals surface area contributed by atoms with Crippen LogP contribution < -0.4 is 4.72 Å². The normalized spacial score (nSPS) is 19.5. The summed E-state index contributed by atoms with van der Waals surface area (Å²) < 4.78 is 56.1. The van der Waals surface area contributed by atoms with Gasteiger partial charge in [0.2, 0.25) is 20.0 Å². The van der Waals surface area contributed by atoms with Gasteiger partial charge in [0.15, 0.2) is 0 Å². The van der Waals surface area contributed by atoms with Gasteiger partial charge in [-0.05, 0) is 62.1 Å². The predicted octanol–water partition coefficient (Wildman–Crippen LogP) is 3.74. The number of para-hydroxylation sites is 2. The van der Waals surface area contributed by atoms with Gasteiger partial charge in [-0.15, -0.1) is 0 Å². The van der Waals surface area contributed by atoms with Gasteiger partial charge in [0.05, 0.1) is 20.8 Å². The Morgan fingerprint density at radius 1 is 0.824 bits per heavy atom. The van der Waals surface area contributed by atoms with Crippen molar-refractivity contribution in [1.82, 2.24) is 19.0 Å². The summed E-state index contributed by atoms with van der Waals surface area (Å²) in [4.78, 5) is 8.24. The van der Waals surface area contributed by atoms with Gasteiger partial charge in [-0.25, -0.2) is 26.5 Å². The molecule has 182 valence electrons. The van der Waals surface area contributed by atoms with Crippen molar-refractivity contribution >= 4 is 31.1 Å². The Kier molecular flexibility index (Phi) is 6.49. The largest absolute Gasteiger partial charge is 0.342 e. The number of aromatic nitrogens is 2. The zero-order valence-electron chi connectivity index (χ0n) is 19.0. The number of aromatic amines is 1. The van der Waals surface area contributed by atoms with E-state index >= 15 is 0 Å². The van der Waals surface area contributed by atoms with E-state index in [1.807, 2.05) is 24.3 Å². The van der Waals surface area contributed by atoms with E-state index in [1.54, 1.807) is 0 Å². The minimum atomic E-state index is -3.69. The number of piperidine rings is 1. The van der Waals surface area contributed by atoms with Crippen LogP contribution in [0.15, 0.2) is 58.3 Å².